The summed E-state index contributed by atoms with van der Waals surface area (Å²) < 4.78 is 6.09. The minimum Gasteiger partial charge on any atom is -0.481 e. The van der Waals surface area contributed by atoms with E-state index in [2.05, 4.69) is 35.9 Å². The predicted molar refractivity (Wildman–Crippen MR) is 117 cm³/mol. The summed E-state index contributed by atoms with van der Waals surface area (Å²) in [6.45, 7) is 4.64. The molecule has 6 nitrogen and oxygen atoms in total. The lowest BCUT2D eigenvalue weighted by Crippen LogP contribution is -2.12. The predicted octanol–water partition coefficient (Wildman–Crippen LogP) is 5.24. The van der Waals surface area contributed by atoms with Crippen molar-refractivity contribution in [3.63, 3.8) is 0 Å². The van der Waals surface area contributed by atoms with Crippen LogP contribution in [0.3, 0.4) is 0 Å². The van der Waals surface area contributed by atoms with E-state index in [9.17, 15) is 4.79 Å². The van der Waals surface area contributed by atoms with Crippen molar-refractivity contribution in [3.05, 3.63) is 71.9 Å². The highest BCUT2D eigenvalue weighted by molar-refractivity contribution is 7.99. The summed E-state index contributed by atoms with van der Waals surface area (Å²) in [6, 6.07) is 14.1. The Balaban J connectivity index is 1.83. The maximum Gasteiger partial charge on any atom is 0.303 e. The molecule has 0 aliphatic heterocycles. The quantitative estimate of drug-likeness (QED) is 0.408. The molecule has 0 saturated carbocycles. The van der Waals surface area contributed by atoms with Crippen molar-refractivity contribution in [1.29, 1.82) is 0 Å². The van der Waals surface area contributed by atoms with Gasteiger partial charge in [0.25, 0.3) is 0 Å². The number of ether oxygens (including phenoxy) is 1. The van der Waals surface area contributed by atoms with Crippen LogP contribution in [0.25, 0.3) is 0 Å². The molecule has 2 heterocycles. The standard InChI is InChI=1S/C23H27N3O3S/c1-16(2)21-23(30-18-7-4-3-5-8-18)26-22(25-21)19(29-14-6-9-20(27)28)15-17-10-12-24-13-11-17/h3-5,7-8,10-13,16,19H,6,9,14-15H2,1-2H3,(H,25,26)(H,27,28). The maximum atomic E-state index is 10.8. The van der Waals surface area contributed by atoms with Crippen LogP contribution in [0.5, 0.6) is 0 Å². The summed E-state index contributed by atoms with van der Waals surface area (Å²) in [7, 11) is 0. The lowest BCUT2D eigenvalue weighted by Gasteiger charge is -2.16. The first-order valence-corrected chi connectivity index (χ1v) is 10.9. The zero-order chi connectivity index (χ0) is 21.3. The monoisotopic (exact) mass is 425 g/mol. The van der Waals surface area contributed by atoms with Gasteiger partial charge in [0.05, 0.1) is 5.69 Å². The number of imidazole rings is 1. The Labute approximate surface area is 181 Å². The van der Waals surface area contributed by atoms with E-state index in [1.165, 1.54) is 0 Å². The molecular formula is C23H27N3O3S. The van der Waals surface area contributed by atoms with Crippen LogP contribution in [0.15, 0.2) is 64.8 Å². The van der Waals surface area contributed by atoms with Gasteiger partial charge in [0.2, 0.25) is 0 Å². The van der Waals surface area contributed by atoms with Crippen molar-refractivity contribution in [2.24, 2.45) is 0 Å². The molecule has 0 amide bonds. The number of carboxylic acids is 1. The van der Waals surface area contributed by atoms with Gasteiger partial charge in [0.15, 0.2) is 0 Å². The molecule has 0 fully saturated rings. The first-order valence-electron chi connectivity index (χ1n) is 10.1. The van der Waals surface area contributed by atoms with Gasteiger partial charge in [-0.1, -0.05) is 43.8 Å². The minimum atomic E-state index is -0.814. The Bertz CT molecular complexity index is 929. The molecule has 3 rings (SSSR count). The Kier molecular flexibility index (Phi) is 8.04. The number of aliphatic carboxylic acids is 1. The number of nitrogens with one attached hydrogen (secondary N) is 1. The number of hydrogen-bond donors (Lipinski definition) is 2. The smallest absolute Gasteiger partial charge is 0.303 e. The first kappa shape index (κ1) is 22.1. The van der Waals surface area contributed by atoms with Gasteiger partial charge in [-0.25, -0.2) is 4.98 Å². The molecule has 0 aliphatic rings. The largest absolute Gasteiger partial charge is 0.481 e. The number of H-pyrrole nitrogens is 1. The number of aromatic nitrogens is 3. The topological polar surface area (TPSA) is 88.1 Å². The summed E-state index contributed by atoms with van der Waals surface area (Å²) in [5, 5.41) is 9.83. The Morgan fingerprint density at radius 1 is 1.17 bits per heavy atom. The number of pyridine rings is 1. The van der Waals surface area contributed by atoms with Crippen molar-refractivity contribution in [2.45, 2.75) is 55.1 Å². The van der Waals surface area contributed by atoms with E-state index in [0.29, 0.717) is 19.4 Å². The molecule has 1 aromatic carbocycles. The van der Waals surface area contributed by atoms with Crippen molar-refractivity contribution >= 4 is 17.7 Å². The fourth-order valence-electron chi connectivity index (χ4n) is 3.03. The van der Waals surface area contributed by atoms with Crippen LogP contribution in [-0.2, 0) is 16.0 Å². The number of aromatic amines is 1. The van der Waals surface area contributed by atoms with Gasteiger partial charge in [-0.15, -0.1) is 0 Å². The summed E-state index contributed by atoms with van der Waals surface area (Å²) in [5.41, 5.74) is 2.17. The van der Waals surface area contributed by atoms with Crippen LogP contribution in [0, 0.1) is 0 Å². The van der Waals surface area contributed by atoms with Crippen LogP contribution < -0.4 is 0 Å². The third kappa shape index (κ3) is 6.43. The molecule has 0 aliphatic carbocycles. The lowest BCUT2D eigenvalue weighted by molar-refractivity contribution is -0.137. The molecule has 3 aromatic rings. The van der Waals surface area contributed by atoms with Gasteiger partial charge >= 0.3 is 5.97 Å². The Morgan fingerprint density at radius 3 is 2.57 bits per heavy atom. The van der Waals surface area contributed by atoms with Crippen molar-refractivity contribution in [1.82, 2.24) is 15.0 Å². The second-order valence-electron chi connectivity index (χ2n) is 7.33. The molecule has 0 saturated heterocycles. The van der Waals surface area contributed by atoms with Crippen LogP contribution in [0.4, 0.5) is 0 Å². The van der Waals surface area contributed by atoms with E-state index in [1.54, 1.807) is 24.2 Å². The van der Waals surface area contributed by atoms with E-state index < -0.39 is 5.97 Å². The van der Waals surface area contributed by atoms with Crippen molar-refractivity contribution < 1.29 is 14.6 Å². The van der Waals surface area contributed by atoms with E-state index >= 15 is 0 Å². The third-order valence-electron chi connectivity index (χ3n) is 4.58. The second-order valence-corrected chi connectivity index (χ2v) is 8.39. The average molecular weight is 426 g/mol. The number of benzene rings is 1. The van der Waals surface area contributed by atoms with Gasteiger partial charge in [-0.3, -0.25) is 9.78 Å². The summed E-state index contributed by atoms with van der Waals surface area (Å²) >= 11 is 1.63. The van der Waals surface area contributed by atoms with Crippen LogP contribution in [0.1, 0.15) is 55.8 Å². The van der Waals surface area contributed by atoms with Crippen LogP contribution in [-0.4, -0.2) is 32.6 Å². The minimum absolute atomic E-state index is 0.0898. The van der Waals surface area contributed by atoms with E-state index in [0.717, 1.165) is 27.0 Å². The molecule has 0 spiro atoms. The Morgan fingerprint density at radius 2 is 1.90 bits per heavy atom. The molecule has 1 atom stereocenters. The van der Waals surface area contributed by atoms with Crippen LogP contribution >= 0.6 is 11.8 Å². The molecule has 30 heavy (non-hydrogen) atoms. The number of carboxylic acid groups (broad SMARTS) is 1. The molecule has 158 valence electrons. The molecule has 2 N–H and O–H groups in total. The fourth-order valence-corrected chi connectivity index (χ4v) is 4.08. The Hall–Kier alpha value is -2.64. The highest BCUT2D eigenvalue weighted by atomic mass is 32.2. The van der Waals surface area contributed by atoms with Crippen LogP contribution in [0.2, 0.25) is 0 Å². The number of hydrogen-bond acceptors (Lipinski definition) is 5. The summed E-state index contributed by atoms with van der Waals surface area (Å²) in [6.07, 6.45) is 4.42. The molecule has 0 bridgehead atoms. The lowest BCUT2D eigenvalue weighted by atomic mass is 10.1. The van der Waals surface area contributed by atoms with E-state index in [1.807, 2.05) is 30.3 Å². The average Bonchev–Trinajstić information content (AvgIpc) is 3.15. The molecule has 0 radical (unpaired) electrons. The molecule has 1 unspecified atom stereocenters. The third-order valence-corrected chi connectivity index (χ3v) is 5.59. The summed E-state index contributed by atoms with van der Waals surface area (Å²) in [5.74, 6) is 0.237. The van der Waals surface area contributed by atoms with Gasteiger partial charge in [0.1, 0.15) is 17.0 Å². The molecular weight excluding hydrogens is 398 g/mol. The summed E-state index contributed by atoms with van der Waals surface area (Å²) in [4.78, 5) is 24.4. The van der Waals surface area contributed by atoms with E-state index in [4.69, 9.17) is 14.8 Å². The number of nitrogens with zero attached hydrogens (tertiary/aromatic N) is 2. The fraction of sp³-hybridized carbons (Fsp3) is 0.348. The SMILES string of the molecule is CC(C)c1[nH]c(C(Cc2ccncc2)OCCCC(=O)O)nc1Sc1ccccc1. The van der Waals surface area contributed by atoms with Gasteiger partial charge in [0, 0.05) is 36.7 Å². The van der Waals surface area contributed by atoms with Gasteiger partial charge < -0.3 is 14.8 Å². The van der Waals surface area contributed by atoms with Crippen molar-refractivity contribution in [3.8, 4) is 0 Å². The zero-order valence-electron chi connectivity index (χ0n) is 17.2. The van der Waals surface area contributed by atoms with Gasteiger partial charge in [-0.05, 0) is 42.2 Å². The van der Waals surface area contributed by atoms with Gasteiger partial charge in [-0.2, -0.15) is 0 Å². The zero-order valence-corrected chi connectivity index (χ0v) is 18.1. The normalized spacial score (nSPS) is 12.2. The highest BCUT2D eigenvalue weighted by Gasteiger charge is 2.22. The maximum absolute atomic E-state index is 10.8. The second kappa shape index (κ2) is 10.9. The van der Waals surface area contributed by atoms with Crippen molar-refractivity contribution in [2.75, 3.05) is 6.61 Å². The molecule has 2 aromatic heterocycles. The highest BCUT2D eigenvalue weighted by Crippen LogP contribution is 2.34. The first-order chi connectivity index (χ1) is 14.5. The van der Waals surface area contributed by atoms with E-state index in [-0.39, 0.29) is 18.4 Å². The number of carbonyl (C=O) groups is 1. The molecule has 7 heteroatoms. The number of rotatable bonds is 11.